The average Bonchev–Trinajstić information content (AvgIpc) is 2.83. The predicted molar refractivity (Wildman–Crippen MR) is 78.9 cm³/mol. The molecule has 0 radical (unpaired) electrons. The summed E-state index contributed by atoms with van der Waals surface area (Å²) in [5.74, 6) is 0. The van der Waals surface area contributed by atoms with Crippen LogP contribution >= 0.6 is 0 Å². The van der Waals surface area contributed by atoms with Crippen molar-refractivity contribution in [1.82, 2.24) is 19.9 Å². The Morgan fingerprint density at radius 3 is 2.95 bits per heavy atom. The van der Waals surface area contributed by atoms with Crippen LogP contribution in [0.25, 0.3) is 10.9 Å². The maximum atomic E-state index is 10.8. The van der Waals surface area contributed by atoms with E-state index in [2.05, 4.69) is 34.1 Å². The van der Waals surface area contributed by atoms with E-state index < -0.39 is 0 Å². The number of carbonyl (C=O) groups is 1. The number of aromatic nitrogens is 1. The van der Waals surface area contributed by atoms with Gasteiger partial charge < -0.3 is 4.98 Å². The number of amides is 1. The minimum absolute atomic E-state index is 0.754. The van der Waals surface area contributed by atoms with Gasteiger partial charge in [0.05, 0.1) is 6.67 Å². The van der Waals surface area contributed by atoms with Crippen LogP contribution in [-0.4, -0.2) is 53.6 Å². The molecule has 20 heavy (non-hydrogen) atoms. The molecule has 1 aromatic heterocycles. The van der Waals surface area contributed by atoms with E-state index in [1.165, 1.54) is 22.2 Å². The third kappa shape index (κ3) is 2.30. The van der Waals surface area contributed by atoms with Crippen molar-refractivity contribution in [2.24, 2.45) is 0 Å². The zero-order valence-corrected chi connectivity index (χ0v) is 12.0. The quantitative estimate of drug-likeness (QED) is 0.676. The lowest BCUT2D eigenvalue weighted by molar-refractivity contribution is -0.132. The molecule has 0 atom stereocenters. The van der Waals surface area contributed by atoms with E-state index in [1.807, 2.05) is 12.1 Å². The van der Waals surface area contributed by atoms with Crippen LogP contribution < -0.4 is 0 Å². The van der Waals surface area contributed by atoms with Crippen LogP contribution in [0.2, 0.25) is 0 Å². The van der Waals surface area contributed by atoms with Gasteiger partial charge in [0.1, 0.15) is 0 Å². The number of nitrogens with zero attached hydrogens (tertiary/aromatic N) is 3. The van der Waals surface area contributed by atoms with Crippen molar-refractivity contribution in [1.29, 1.82) is 0 Å². The highest BCUT2D eigenvalue weighted by molar-refractivity contribution is 5.84. The molecular formula is C15H20N4O. The van der Waals surface area contributed by atoms with Crippen LogP contribution in [0.4, 0.5) is 0 Å². The molecule has 0 fully saturated rings. The maximum absolute atomic E-state index is 10.8. The minimum atomic E-state index is 0.754. The summed E-state index contributed by atoms with van der Waals surface area (Å²) >= 11 is 0. The highest BCUT2D eigenvalue weighted by Crippen LogP contribution is 2.27. The number of nitrogens with one attached hydrogen (secondary N) is 1. The Labute approximate surface area is 118 Å². The average molecular weight is 272 g/mol. The highest BCUT2D eigenvalue weighted by Gasteiger charge is 2.21. The molecule has 1 aromatic carbocycles. The molecule has 0 saturated heterocycles. The topological polar surface area (TPSA) is 42.6 Å². The number of hydrogen-bond donors (Lipinski definition) is 1. The van der Waals surface area contributed by atoms with Gasteiger partial charge >= 0.3 is 0 Å². The summed E-state index contributed by atoms with van der Waals surface area (Å²) in [6.45, 7) is 2.68. The number of hydrazine groups is 1. The number of rotatable bonds is 4. The first-order valence-corrected chi connectivity index (χ1v) is 6.89. The van der Waals surface area contributed by atoms with E-state index in [0.717, 1.165) is 32.6 Å². The minimum Gasteiger partial charge on any atom is -0.357 e. The van der Waals surface area contributed by atoms with E-state index >= 15 is 0 Å². The Balaban J connectivity index is 1.77. The number of para-hydroxylation sites is 1. The third-order valence-corrected chi connectivity index (χ3v) is 4.06. The van der Waals surface area contributed by atoms with Crippen molar-refractivity contribution in [2.45, 2.75) is 13.0 Å². The summed E-state index contributed by atoms with van der Waals surface area (Å²) < 4.78 is 0. The van der Waals surface area contributed by atoms with Gasteiger partial charge in [-0.25, -0.2) is 5.01 Å². The molecule has 2 heterocycles. The molecule has 1 amide bonds. The molecule has 1 aliphatic heterocycles. The summed E-state index contributed by atoms with van der Waals surface area (Å²) in [7, 11) is 3.69. The van der Waals surface area contributed by atoms with Crippen LogP contribution in [-0.2, 0) is 17.8 Å². The zero-order valence-electron chi connectivity index (χ0n) is 12.0. The Morgan fingerprint density at radius 2 is 2.15 bits per heavy atom. The fourth-order valence-electron chi connectivity index (χ4n) is 2.84. The van der Waals surface area contributed by atoms with Crippen LogP contribution in [0.5, 0.6) is 0 Å². The molecule has 2 aromatic rings. The Bertz CT molecular complexity index is 621. The molecule has 0 unspecified atom stereocenters. The summed E-state index contributed by atoms with van der Waals surface area (Å²) in [6.07, 6.45) is 1.89. The van der Waals surface area contributed by atoms with Gasteiger partial charge in [0.15, 0.2) is 0 Å². The van der Waals surface area contributed by atoms with E-state index in [0.29, 0.717) is 0 Å². The summed E-state index contributed by atoms with van der Waals surface area (Å²) in [4.78, 5) is 16.6. The third-order valence-electron chi connectivity index (χ3n) is 4.06. The number of carbonyl (C=O) groups excluding carboxylic acids is 1. The Morgan fingerprint density at radius 1 is 1.35 bits per heavy atom. The zero-order chi connectivity index (χ0) is 14.1. The first kappa shape index (κ1) is 13.1. The Kier molecular flexibility index (Phi) is 3.46. The van der Waals surface area contributed by atoms with E-state index in [-0.39, 0.29) is 0 Å². The lowest BCUT2D eigenvalue weighted by Crippen LogP contribution is -2.45. The lowest BCUT2D eigenvalue weighted by atomic mass is 10.0. The van der Waals surface area contributed by atoms with Crippen molar-refractivity contribution in [2.75, 3.05) is 27.3 Å². The summed E-state index contributed by atoms with van der Waals surface area (Å²) in [5.41, 5.74) is 3.97. The second-order valence-electron chi connectivity index (χ2n) is 5.41. The number of H-pyrrole nitrogens is 1. The van der Waals surface area contributed by atoms with Crippen molar-refractivity contribution >= 4 is 17.3 Å². The number of hydrogen-bond acceptors (Lipinski definition) is 3. The van der Waals surface area contributed by atoms with Crippen LogP contribution in [0.15, 0.2) is 24.3 Å². The molecule has 0 bridgehead atoms. The highest BCUT2D eigenvalue weighted by atomic mass is 16.1. The molecule has 0 spiro atoms. The van der Waals surface area contributed by atoms with E-state index in [1.54, 1.807) is 12.1 Å². The molecule has 106 valence electrons. The number of benzene rings is 1. The molecule has 0 aliphatic carbocycles. The van der Waals surface area contributed by atoms with Gasteiger partial charge in [0.25, 0.3) is 0 Å². The Hall–Kier alpha value is -1.85. The van der Waals surface area contributed by atoms with Gasteiger partial charge in [-0.05, 0) is 18.1 Å². The second-order valence-corrected chi connectivity index (χ2v) is 5.41. The SMILES string of the molecule is CN(C=O)N(C)CN1CCc2c([nH]c3ccccc23)C1. The second kappa shape index (κ2) is 5.26. The van der Waals surface area contributed by atoms with Crippen molar-refractivity contribution in [3.05, 3.63) is 35.5 Å². The fraction of sp³-hybridized carbons (Fsp3) is 0.400. The smallest absolute Gasteiger partial charge is 0.223 e. The fourth-order valence-corrected chi connectivity index (χ4v) is 2.84. The monoisotopic (exact) mass is 272 g/mol. The molecule has 5 heteroatoms. The molecule has 1 aliphatic rings. The normalized spacial score (nSPS) is 15.6. The molecule has 1 N–H and O–H groups in total. The van der Waals surface area contributed by atoms with Crippen molar-refractivity contribution in [3.63, 3.8) is 0 Å². The summed E-state index contributed by atoms with van der Waals surface area (Å²) in [5, 5.41) is 4.84. The maximum Gasteiger partial charge on any atom is 0.223 e. The lowest BCUT2D eigenvalue weighted by Gasteiger charge is -2.33. The van der Waals surface area contributed by atoms with Crippen LogP contribution in [0, 0.1) is 0 Å². The van der Waals surface area contributed by atoms with Gasteiger partial charge in [-0.2, -0.15) is 0 Å². The van der Waals surface area contributed by atoms with Crippen LogP contribution in [0.1, 0.15) is 11.3 Å². The van der Waals surface area contributed by atoms with Crippen molar-refractivity contribution in [3.8, 4) is 0 Å². The van der Waals surface area contributed by atoms with Gasteiger partial charge in [-0.15, -0.1) is 0 Å². The molecule has 0 saturated carbocycles. The van der Waals surface area contributed by atoms with Crippen LogP contribution in [0.3, 0.4) is 0 Å². The van der Waals surface area contributed by atoms with E-state index in [9.17, 15) is 4.79 Å². The standard InChI is InChI=1S/C15H20N4O/c1-17(18(2)11-20)10-19-8-7-13-12-5-3-4-6-14(12)16-15(13)9-19/h3-6,11,16H,7-10H2,1-2H3. The first-order valence-electron chi connectivity index (χ1n) is 6.89. The molecule has 3 rings (SSSR count). The largest absolute Gasteiger partial charge is 0.357 e. The van der Waals surface area contributed by atoms with Crippen molar-refractivity contribution < 1.29 is 4.79 Å². The molecular weight excluding hydrogens is 252 g/mol. The van der Waals surface area contributed by atoms with Gasteiger partial charge in [0, 0.05) is 43.8 Å². The predicted octanol–water partition coefficient (Wildman–Crippen LogP) is 1.42. The molecule has 5 nitrogen and oxygen atoms in total. The van der Waals surface area contributed by atoms with E-state index in [4.69, 9.17) is 0 Å². The summed E-state index contributed by atoms with van der Waals surface area (Å²) in [6, 6.07) is 8.47. The van der Waals surface area contributed by atoms with Gasteiger partial charge in [-0.1, -0.05) is 18.2 Å². The first-order chi connectivity index (χ1) is 9.69. The number of fused-ring (bicyclic) bond motifs is 3. The van der Waals surface area contributed by atoms with Gasteiger partial charge in [0.2, 0.25) is 6.41 Å². The van der Waals surface area contributed by atoms with Gasteiger partial charge in [-0.3, -0.25) is 14.7 Å². The number of aromatic amines is 1.